The highest BCUT2D eigenvalue weighted by atomic mass is 15.3. The zero-order valence-electron chi connectivity index (χ0n) is 12.7. The van der Waals surface area contributed by atoms with Gasteiger partial charge in [-0.2, -0.15) is 4.98 Å². The van der Waals surface area contributed by atoms with Gasteiger partial charge >= 0.3 is 0 Å². The van der Waals surface area contributed by atoms with Crippen molar-refractivity contribution in [2.24, 2.45) is 11.3 Å². The number of fused-ring (bicyclic) bond motifs is 1. The second-order valence-electron chi connectivity index (χ2n) is 6.66. The van der Waals surface area contributed by atoms with Crippen LogP contribution in [-0.2, 0) is 0 Å². The number of anilines is 2. The van der Waals surface area contributed by atoms with Crippen molar-refractivity contribution in [1.82, 2.24) is 9.97 Å². The molecule has 112 valence electrons. The fourth-order valence-corrected chi connectivity index (χ4v) is 3.27. The van der Waals surface area contributed by atoms with Crippen molar-refractivity contribution in [1.29, 1.82) is 0 Å². The Kier molecular flexibility index (Phi) is 3.68. The number of para-hydroxylation sites is 1. The fourth-order valence-electron chi connectivity index (χ4n) is 3.27. The monoisotopic (exact) mass is 285 g/mol. The smallest absolute Gasteiger partial charge is 0.239 e. The first-order chi connectivity index (χ1) is 10.1. The summed E-state index contributed by atoms with van der Waals surface area (Å²) in [5, 5.41) is 4.65. The molecule has 5 nitrogen and oxygen atoms in total. The quantitative estimate of drug-likeness (QED) is 0.596. The van der Waals surface area contributed by atoms with Gasteiger partial charge < -0.3 is 5.32 Å². The van der Waals surface area contributed by atoms with Gasteiger partial charge in [0.15, 0.2) is 0 Å². The lowest BCUT2D eigenvalue weighted by atomic mass is 9.75. The maximum Gasteiger partial charge on any atom is 0.239 e. The number of nitrogens with one attached hydrogen (secondary N) is 2. The van der Waals surface area contributed by atoms with Crippen LogP contribution < -0.4 is 16.6 Å². The van der Waals surface area contributed by atoms with E-state index in [0.717, 1.165) is 23.1 Å². The van der Waals surface area contributed by atoms with Crippen molar-refractivity contribution in [2.75, 3.05) is 10.7 Å². The lowest BCUT2D eigenvalue weighted by molar-refractivity contribution is 0.229. The van der Waals surface area contributed by atoms with Crippen LogP contribution in [-0.4, -0.2) is 16.0 Å². The standard InChI is InChI=1S/C16H23N5/c1-16(2)9-5-6-11(10-16)18-14-12-7-3-4-8-13(12)19-15(20-14)21-17/h3-4,7-8,11H,5-6,9-10,17H2,1-2H3,(H2,18,19,20,21). The third-order valence-corrected chi connectivity index (χ3v) is 4.28. The highest BCUT2D eigenvalue weighted by molar-refractivity contribution is 5.90. The minimum atomic E-state index is 0.397. The van der Waals surface area contributed by atoms with Crippen LogP contribution in [0.3, 0.4) is 0 Å². The average Bonchev–Trinajstić information content (AvgIpc) is 2.46. The molecule has 0 saturated heterocycles. The van der Waals surface area contributed by atoms with E-state index in [2.05, 4.69) is 34.6 Å². The Hall–Kier alpha value is -1.88. The minimum Gasteiger partial charge on any atom is -0.367 e. The summed E-state index contributed by atoms with van der Waals surface area (Å²) in [5.74, 6) is 6.80. The number of benzene rings is 1. The number of rotatable bonds is 3. The van der Waals surface area contributed by atoms with E-state index in [4.69, 9.17) is 5.84 Å². The molecular formula is C16H23N5. The maximum absolute atomic E-state index is 5.48. The van der Waals surface area contributed by atoms with Crippen LogP contribution in [0.1, 0.15) is 39.5 Å². The largest absolute Gasteiger partial charge is 0.367 e. The Morgan fingerprint density at radius 1 is 1.24 bits per heavy atom. The van der Waals surface area contributed by atoms with Crippen molar-refractivity contribution in [3.05, 3.63) is 24.3 Å². The van der Waals surface area contributed by atoms with E-state index in [0.29, 0.717) is 17.4 Å². The highest BCUT2D eigenvalue weighted by Gasteiger charge is 2.28. The van der Waals surface area contributed by atoms with E-state index in [1.807, 2.05) is 24.3 Å². The van der Waals surface area contributed by atoms with E-state index in [9.17, 15) is 0 Å². The number of hydrogen-bond acceptors (Lipinski definition) is 5. The molecule has 1 aromatic carbocycles. The van der Waals surface area contributed by atoms with Gasteiger partial charge in [-0.3, -0.25) is 5.43 Å². The molecule has 0 spiro atoms. The number of hydrogen-bond donors (Lipinski definition) is 3. The topological polar surface area (TPSA) is 75.9 Å². The van der Waals surface area contributed by atoms with Crippen LogP contribution in [0.15, 0.2) is 24.3 Å². The third-order valence-electron chi connectivity index (χ3n) is 4.28. The highest BCUT2D eigenvalue weighted by Crippen LogP contribution is 2.36. The molecule has 0 aliphatic heterocycles. The number of hydrazine groups is 1. The number of aromatic nitrogens is 2. The summed E-state index contributed by atoms with van der Waals surface area (Å²) in [7, 11) is 0. The van der Waals surface area contributed by atoms with Crippen LogP contribution in [0.2, 0.25) is 0 Å². The Morgan fingerprint density at radius 2 is 2.05 bits per heavy atom. The van der Waals surface area contributed by atoms with Gasteiger partial charge in [0.2, 0.25) is 5.95 Å². The number of nitrogens with two attached hydrogens (primary N) is 1. The van der Waals surface area contributed by atoms with Gasteiger partial charge in [0.05, 0.1) is 5.52 Å². The molecule has 1 aliphatic rings. The molecule has 21 heavy (non-hydrogen) atoms. The lowest BCUT2D eigenvalue weighted by Crippen LogP contribution is -2.32. The maximum atomic E-state index is 5.48. The van der Waals surface area contributed by atoms with Gasteiger partial charge in [0.1, 0.15) is 5.82 Å². The van der Waals surface area contributed by atoms with E-state index < -0.39 is 0 Å². The fraction of sp³-hybridized carbons (Fsp3) is 0.500. The molecule has 1 heterocycles. The molecular weight excluding hydrogens is 262 g/mol. The summed E-state index contributed by atoms with van der Waals surface area (Å²) in [4.78, 5) is 8.89. The first kappa shape index (κ1) is 14.1. The molecule has 1 atom stereocenters. The lowest BCUT2D eigenvalue weighted by Gasteiger charge is -2.36. The van der Waals surface area contributed by atoms with Crippen LogP contribution in [0, 0.1) is 5.41 Å². The van der Waals surface area contributed by atoms with Crippen molar-refractivity contribution in [3.8, 4) is 0 Å². The van der Waals surface area contributed by atoms with Gasteiger partial charge in [-0.1, -0.05) is 32.4 Å². The third kappa shape index (κ3) is 3.08. The molecule has 1 fully saturated rings. The van der Waals surface area contributed by atoms with E-state index in [1.54, 1.807) is 0 Å². The zero-order valence-corrected chi connectivity index (χ0v) is 12.7. The first-order valence-corrected chi connectivity index (χ1v) is 7.57. The van der Waals surface area contributed by atoms with Crippen LogP contribution >= 0.6 is 0 Å². The molecule has 1 aliphatic carbocycles. The molecule has 0 amide bonds. The summed E-state index contributed by atoms with van der Waals surface area (Å²) in [6.07, 6.45) is 4.91. The van der Waals surface area contributed by atoms with Gasteiger partial charge in [-0.15, -0.1) is 0 Å². The second-order valence-corrected chi connectivity index (χ2v) is 6.66. The Balaban J connectivity index is 1.92. The van der Waals surface area contributed by atoms with E-state index >= 15 is 0 Å². The molecule has 3 rings (SSSR count). The molecule has 1 aromatic heterocycles. The van der Waals surface area contributed by atoms with Crippen LogP contribution in [0.25, 0.3) is 10.9 Å². The molecule has 1 saturated carbocycles. The van der Waals surface area contributed by atoms with Gasteiger partial charge in [-0.25, -0.2) is 10.8 Å². The van der Waals surface area contributed by atoms with Gasteiger partial charge in [0, 0.05) is 11.4 Å². The van der Waals surface area contributed by atoms with Crippen LogP contribution in [0.4, 0.5) is 11.8 Å². The number of nitrogens with zero attached hydrogens (tertiary/aromatic N) is 2. The predicted molar refractivity (Wildman–Crippen MR) is 87.0 cm³/mol. The van der Waals surface area contributed by atoms with Gasteiger partial charge in [-0.05, 0) is 36.8 Å². The van der Waals surface area contributed by atoms with Crippen LogP contribution in [0.5, 0.6) is 0 Å². The average molecular weight is 285 g/mol. The Bertz CT molecular complexity index is 638. The minimum absolute atomic E-state index is 0.397. The molecule has 5 heteroatoms. The van der Waals surface area contributed by atoms with Crippen molar-refractivity contribution >= 4 is 22.7 Å². The predicted octanol–water partition coefficient (Wildman–Crippen LogP) is 3.30. The zero-order chi connectivity index (χ0) is 14.9. The van der Waals surface area contributed by atoms with Crippen molar-refractivity contribution < 1.29 is 0 Å². The summed E-state index contributed by atoms with van der Waals surface area (Å²) in [5.41, 5.74) is 3.85. The van der Waals surface area contributed by atoms with Crippen molar-refractivity contribution in [3.63, 3.8) is 0 Å². The summed E-state index contributed by atoms with van der Waals surface area (Å²) in [6, 6.07) is 8.47. The van der Waals surface area contributed by atoms with Crippen molar-refractivity contribution in [2.45, 2.75) is 45.6 Å². The van der Waals surface area contributed by atoms with E-state index in [1.165, 1.54) is 19.3 Å². The molecule has 1 unspecified atom stereocenters. The Labute approximate surface area is 125 Å². The molecule has 2 aromatic rings. The molecule has 0 bridgehead atoms. The normalized spacial score (nSPS) is 21.2. The first-order valence-electron chi connectivity index (χ1n) is 7.57. The Morgan fingerprint density at radius 3 is 2.81 bits per heavy atom. The summed E-state index contributed by atoms with van der Waals surface area (Å²) >= 11 is 0. The summed E-state index contributed by atoms with van der Waals surface area (Å²) < 4.78 is 0. The van der Waals surface area contributed by atoms with Gasteiger partial charge in [0.25, 0.3) is 0 Å². The molecule has 0 radical (unpaired) electrons. The SMILES string of the molecule is CC1(C)CCCC(Nc2nc(NN)nc3ccccc23)C1. The second kappa shape index (κ2) is 5.48. The number of nitrogen functional groups attached to an aromatic ring is 1. The van der Waals surface area contributed by atoms with E-state index in [-0.39, 0.29) is 0 Å². The summed E-state index contributed by atoms with van der Waals surface area (Å²) in [6.45, 7) is 4.68. The molecule has 4 N–H and O–H groups in total.